The van der Waals surface area contributed by atoms with Gasteiger partial charge in [0.05, 0.1) is 0 Å². The summed E-state index contributed by atoms with van der Waals surface area (Å²) < 4.78 is 0. The molecular weight excluding hydrogens is 234 g/mol. The first-order chi connectivity index (χ1) is 8.20. The Hall–Kier alpha value is -1.46. The highest BCUT2D eigenvalue weighted by molar-refractivity contribution is 7.14. The van der Waals surface area contributed by atoms with E-state index in [1.807, 2.05) is 26.1 Å². The molecule has 2 rings (SSSR count). The predicted octanol–water partition coefficient (Wildman–Crippen LogP) is 1.98. The fourth-order valence-electron chi connectivity index (χ4n) is 1.45. The number of rotatable bonds is 4. The Balaban J connectivity index is 2.21. The molecule has 1 heterocycles. The van der Waals surface area contributed by atoms with E-state index in [4.69, 9.17) is 0 Å². The van der Waals surface area contributed by atoms with Crippen molar-refractivity contribution in [2.75, 3.05) is 13.6 Å². The molecule has 0 aliphatic rings. The first-order valence-electron chi connectivity index (χ1n) is 5.47. The van der Waals surface area contributed by atoms with Gasteiger partial charge in [-0.15, -0.1) is 10.2 Å². The van der Waals surface area contributed by atoms with E-state index in [0.29, 0.717) is 5.75 Å². The molecule has 0 aliphatic carbocycles. The molecule has 1 aromatic carbocycles. The standard InChI is InChI=1S/C12H15N3OS/c1-8-3-4-9(7-10(8)16)12-15-14-11(17-12)5-6-13-2/h3-4,7,13,16H,5-6H2,1-2H3. The summed E-state index contributed by atoms with van der Waals surface area (Å²) in [5, 5.41) is 22.9. The van der Waals surface area contributed by atoms with Crippen molar-refractivity contribution in [1.82, 2.24) is 15.5 Å². The second-order valence-corrected chi connectivity index (χ2v) is 4.92. The molecule has 0 atom stereocenters. The fourth-order valence-corrected chi connectivity index (χ4v) is 2.28. The number of aryl methyl sites for hydroxylation is 1. The molecule has 0 bridgehead atoms. The van der Waals surface area contributed by atoms with Crippen molar-refractivity contribution < 1.29 is 5.11 Å². The molecule has 90 valence electrons. The van der Waals surface area contributed by atoms with Crippen LogP contribution in [0.4, 0.5) is 0 Å². The summed E-state index contributed by atoms with van der Waals surface area (Å²) in [4.78, 5) is 0. The molecule has 1 aromatic heterocycles. The summed E-state index contributed by atoms with van der Waals surface area (Å²) in [6, 6.07) is 5.58. The third-order valence-electron chi connectivity index (χ3n) is 2.51. The number of benzene rings is 1. The molecule has 0 spiro atoms. The third kappa shape index (κ3) is 2.81. The number of aromatic hydroxyl groups is 1. The van der Waals surface area contributed by atoms with E-state index in [2.05, 4.69) is 15.5 Å². The van der Waals surface area contributed by atoms with Crippen LogP contribution in [0.25, 0.3) is 10.6 Å². The van der Waals surface area contributed by atoms with Crippen LogP contribution in [0.5, 0.6) is 5.75 Å². The minimum Gasteiger partial charge on any atom is -0.508 e. The van der Waals surface area contributed by atoms with Crippen molar-refractivity contribution in [3.05, 3.63) is 28.8 Å². The van der Waals surface area contributed by atoms with Gasteiger partial charge in [0, 0.05) is 18.5 Å². The SMILES string of the molecule is CNCCc1nnc(-c2ccc(C)c(O)c2)s1. The van der Waals surface area contributed by atoms with Crippen molar-refractivity contribution >= 4 is 11.3 Å². The summed E-state index contributed by atoms with van der Waals surface area (Å²) in [5.41, 5.74) is 1.79. The summed E-state index contributed by atoms with van der Waals surface area (Å²) in [5.74, 6) is 0.300. The first kappa shape index (κ1) is 12.0. The number of phenols is 1. The van der Waals surface area contributed by atoms with Gasteiger partial charge in [-0.1, -0.05) is 23.5 Å². The second kappa shape index (κ2) is 5.25. The van der Waals surface area contributed by atoms with E-state index in [-0.39, 0.29) is 0 Å². The van der Waals surface area contributed by atoms with Gasteiger partial charge in [0.2, 0.25) is 0 Å². The lowest BCUT2D eigenvalue weighted by atomic mass is 10.1. The van der Waals surface area contributed by atoms with Crippen molar-refractivity contribution in [2.24, 2.45) is 0 Å². The average molecular weight is 249 g/mol. The molecule has 2 aromatic rings. The number of phenolic OH excluding ortho intramolecular Hbond substituents is 1. The highest BCUT2D eigenvalue weighted by Gasteiger charge is 2.07. The summed E-state index contributed by atoms with van der Waals surface area (Å²) in [6.07, 6.45) is 0.881. The number of hydrogen-bond donors (Lipinski definition) is 2. The number of aromatic nitrogens is 2. The normalized spacial score (nSPS) is 10.7. The number of likely N-dealkylation sites (N-methyl/N-ethyl adjacent to an activating group) is 1. The minimum atomic E-state index is 0.300. The van der Waals surface area contributed by atoms with Gasteiger partial charge in [0.1, 0.15) is 15.8 Å². The Bertz CT molecular complexity index is 510. The van der Waals surface area contributed by atoms with Crippen molar-refractivity contribution in [3.63, 3.8) is 0 Å². The van der Waals surface area contributed by atoms with Crippen LogP contribution in [0, 0.1) is 6.92 Å². The molecule has 0 radical (unpaired) electrons. The molecule has 4 nitrogen and oxygen atoms in total. The van der Waals surface area contributed by atoms with Gasteiger partial charge in [-0.2, -0.15) is 0 Å². The summed E-state index contributed by atoms with van der Waals surface area (Å²) in [7, 11) is 1.92. The molecule has 0 unspecified atom stereocenters. The van der Waals surface area contributed by atoms with Crippen molar-refractivity contribution in [1.29, 1.82) is 0 Å². The second-order valence-electron chi connectivity index (χ2n) is 3.86. The maximum Gasteiger partial charge on any atom is 0.147 e. The van der Waals surface area contributed by atoms with Crippen LogP contribution in [0.1, 0.15) is 10.6 Å². The molecular formula is C12H15N3OS. The Kier molecular flexibility index (Phi) is 3.71. The maximum absolute atomic E-state index is 9.66. The van der Waals surface area contributed by atoms with E-state index < -0.39 is 0 Å². The van der Waals surface area contributed by atoms with Gasteiger partial charge in [-0.25, -0.2) is 0 Å². The molecule has 0 aliphatic heterocycles. The average Bonchev–Trinajstić information content (AvgIpc) is 2.79. The molecule has 0 saturated carbocycles. The van der Waals surface area contributed by atoms with Crippen molar-refractivity contribution in [3.8, 4) is 16.3 Å². The number of nitrogens with one attached hydrogen (secondary N) is 1. The topological polar surface area (TPSA) is 58.0 Å². The van der Waals surface area contributed by atoms with E-state index >= 15 is 0 Å². The van der Waals surface area contributed by atoms with Crippen LogP contribution in [-0.2, 0) is 6.42 Å². The maximum atomic E-state index is 9.66. The van der Waals surface area contributed by atoms with Crippen LogP contribution >= 0.6 is 11.3 Å². The lowest BCUT2D eigenvalue weighted by Crippen LogP contribution is -2.09. The van der Waals surface area contributed by atoms with Crippen LogP contribution in [0.3, 0.4) is 0 Å². The van der Waals surface area contributed by atoms with Gasteiger partial charge in [0.25, 0.3) is 0 Å². The highest BCUT2D eigenvalue weighted by atomic mass is 32.1. The Morgan fingerprint density at radius 3 is 2.88 bits per heavy atom. The summed E-state index contributed by atoms with van der Waals surface area (Å²) >= 11 is 1.57. The molecule has 17 heavy (non-hydrogen) atoms. The minimum absolute atomic E-state index is 0.300. The third-order valence-corrected chi connectivity index (χ3v) is 3.54. The molecule has 2 N–H and O–H groups in total. The Labute approximate surface area is 104 Å². The first-order valence-corrected chi connectivity index (χ1v) is 6.29. The van der Waals surface area contributed by atoms with E-state index in [1.165, 1.54) is 0 Å². The lowest BCUT2D eigenvalue weighted by molar-refractivity contribution is 0.471. The fraction of sp³-hybridized carbons (Fsp3) is 0.333. The Morgan fingerprint density at radius 1 is 1.35 bits per heavy atom. The van der Waals surface area contributed by atoms with Crippen molar-refractivity contribution in [2.45, 2.75) is 13.3 Å². The highest BCUT2D eigenvalue weighted by Crippen LogP contribution is 2.28. The summed E-state index contributed by atoms with van der Waals surface area (Å²) in [6.45, 7) is 2.77. The molecule has 0 saturated heterocycles. The number of hydrogen-bond acceptors (Lipinski definition) is 5. The largest absolute Gasteiger partial charge is 0.508 e. The van der Waals surface area contributed by atoms with E-state index in [1.54, 1.807) is 17.4 Å². The zero-order valence-electron chi connectivity index (χ0n) is 9.90. The lowest BCUT2D eigenvalue weighted by Gasteiger charge is -2.00. The number of nitrogens with zero attached hydrogens (tertiary/aromatic N) is 2. The van der Waals surface area contributed by atoms with E-state index in [9.17, 15) is 5.11 Å². The van der Waals surface area contributed by atoms with Crippen LogP contribution in [-0.4, -0.2) is 28.9 Å². The van der Waals surface area contributed by atoms with E-state index in [0.717, 1.165) is 34.1 Å². The molecule has 5 heteroatoms. The van der Waals surface area contributed by atoms with Gasteiger partial charge in [-0.3, -0.25) is 0 Å². The predicted molar refractivity (Wildman–Crippen MR) is 69.4 cm³/mol. The smallest absolute Gasteiger partial charge is 0.147 e. The molecule has 0 amide bonds. The van der Waals surface area contributed by atoms with Gasteiger partial charge in [-0.05, 0) is 25.6 Å². The zero-order valence-corrected chi connectivity index (χ0v) is 10.7. The Morgan fingerprint density at radius 2 is 2.18 bits per heavy atom. The van der Waals surface area contributed by atoms with Crippen LogP contribution in [0.15, 0.2) is 18.2 Å². The monoisotopic (exact) mass is 249 g/mol. The quantitative estimate of drug-likeness (QED) is 0.870. The van der Waals surface area contributed by atoms with Gasteiger partial charge >= 0.3 is 0 Å². The van der Waals surface area contributed by atoms with Gasteiger partial charge < -0.3 is 10.4 Å². The van der Waals surface area contributed by atoms with Crippen LogP contribution in [0.2, 0.25) is 0 Å². The van der Waals surface area contributed by atoms with Crippen LogP contribution < -0.4 is 5.32 Å². The van der Waals surface area contributed by atoms with Gasteiger partial charge in [0.15, 0.2) is 0 Å². The zero-order chi connectivity index (χ0) is 12.3. The molecule has 0 fully saturated rings.